The minimum Gasteiger partial charge on any atom is -0.333 e. The molecule has 1 saturated heterocycles. The summed E-state index contributed by atoms with van der Waals surface area (Å²) in [7, 11) is 0. The Balaban J connectivity index is 2.10. The minimum absolute atomic E-state index is 0.184. The molecule has 1 atom stereocenters. The first-order valence-electron chi connectivity index (χ1n) is 7.34. The zero-order chi connectivity index (χ0) is 14.4. The molecule has 0 aromatic heterocycles. The third kappa shape index (κ3) is 3.76. The van der Waals surface area contributed by atoms with Crippen LogP contribution in [-0.4, -0.2) is 42.4 Å². The Labute approximate surface area is 126 Å². The molecule has 3 nitrogen and oxygen atoms in total. The average Bonchev–Trinajstić information content (AvgIpc) is 2.52. The fourth-order valence-corrected chi connectivity index (χ4v) is 2.99. The van der Waals surface area contributed by atoms with E-state index in [0.717, 1.165) is 31.8 Å². The van der Waals surface area contributed by atoms with E-state index >= 15 is 0 Å². The van der Waals surface area contributed by atoms with Gasteiger partial charge in [-0.2, -0.15) is 11.8 Å². The molecule has 1 fully saturated rings. The van der Waals surface area contributed by atoms with Gasteiger partial charge < -0.3 is 10.2 Å². The van der Waals surface area contributed by atoms with E-state index < -0.39 is 0 Å². The molecule has 0 saturated carbocycles. The lowest BCUT2D eigenvalue weighted by Gasteiger charge is -2.36. The van der Waals surface area contributed by atoms with Gasteiger partial charge in [0.1, 0.15) is 0 Å². The van der Waals surface area contributed by atoms with Crippen molar-refractivity contribution in [2.24, 2.45) is 0 Å². The average molecular weight is 292 g/mol. The number of aryl methyl sites for hydroxylation is 1. The Hall–Kier alpha value is -1.00. The van der Waals surface area contributed by atoms with Crippen LogP contribution < -0.4 is 5.32 Å². The van der Waals surface area contributed by atoms with E-state index in [1.165, 1.54) is 11.1 Å². The second-order valence-corrected chi connectivity index (χ2v) is 6.13. The Morgan fingerprint density at radius 1 is 1.40 bits per heavy atom. The SMILES string of the molecule is CCc1ccc(C2CNCCN2C(=O)CCSC)cc1. The van der Waals surface area contributed by atoms with E-state index in [9.17, 15) is 4.79 Å². The van der Waals surface area contributed by atoms with Gasteiger partial charge in [-0.05, 0) is 23.8 Å². The van der Waals surface area contributed by atoms with Crippen LogP contribution in [0.4, 0.5) is 0 Å². The molecule has 0 aliphatic carbocycles. The zero-order valence-electron chi connectivity index (χ0n) is 12.4. The molecule has 110 valence electrons. The molecule has 1 aromatic carbocycles. The molecular formula is C16H24N2OS. The van der Waals surface area contributed by atoms with E-state index in [-0.39, 0.29) is 11.9 Å². The summed E-state index contributed by atoms with van der Waals surface area (Å²) in [6, 6.07) is 8.88. The van der Waals surface area contributed by atoms with Gasteiger partial charge in [0, 0.05) is 31.8 Å². The molecule has 1 amide bonds. The van der Waals surface area contributed by atoms with Gasteiger partial charge in [-0.25, -0.2) is 0 Å². The highest BCUT2D eigenvalue weighted by atomic mass is 32.2. The summed E-state index contributed by atoms with van der Waals surface area (Å²) in [5.41, 5.74) is 2.59. The number of hydrogen-bond acceptors (Lipinski definition) is 3. The molecule has 1 N–H and O–H groups in total. The zero-order valence-corrected chi connectivity index (χ0v) is 13.2. The summed E-state index contributed by atoms with van der Waals surface area (Å²) in [6.07, 6.45) is 3.75. The third-order valence-corrected chi connectivity index (χ3v) is 4.47. The lowest BCUT2D eigenvalue weighted by Crippen LogP contribution is -2.48. The molecule has 1 aromatic rings. The van der Waals surface area contributed by atoms with Crippen molar-refractivity contribution >= 4 is 17.7 Å². The number of carbonyl (C=O) groups excluding carboxylic acids is 1. The van der Waals surface area contributed by atoms with Crippen molar-refractivity contribution in [3.8, 4) is 0 Å². The number of rotatable bonds is 5. The molecule has 1 aliphatic heterocycles. The van der Waals surface area contributed by atoms with Crippen molar-refractivity contribution in [2.75, 3.05) is 31.6 Å². The van der Waals surface area contributed by atoms with Crippen molar-refractivity contribution in [3.05, 3.63) is 35.4 Å². The van der Waals surface area contributed by atoms with Crippen LogP contribution in [0.1, 0.15) is 30.5 Å². The summed E-state index contributed by atoms with van der Waals surface area (Å²) in [6.45, 7) is 4.73. The topological polar surface area (TPSA) is 32.3 Å². The standard InChI is InChI=1S/C16H24N2OS/c1-3-13-4-6-14(7-5-13)15-12-17-9-10-18(15)16(19)8-11-20-2/h4-7,15,17H,3,8-12H2,1-2H3. The van der Waals surface area contributed by atoms with Crippen LogP contribution in [0.15, 0.2) is 24.3 Å². The van der Waals surface area contributed by atoms with Gasteiger partial charge in [0.2, 0.25) is 5.91 Å². The van der Waals surface area contributed by atoms with Crippen molar-refractivity contribution in [3.63, 3.8) is 0 Å². The van der Waals surface area contributed by atoms with Crippen LogP contribution in [-0.2, 0) is 11.2 Å². The summed E-state index contributed by atoms with van der Waals surface area (Å²) >= 11 is 1.73. The van der Waals surface area contributed by atoms with Crippen molar-refractivity contribution in [1.82, 2.24) is 10.2 Å². The summed E-state index contributed by atoms with van der Waals surface area (Å²) in [4.78, 5) is 14.4. The van der Waals surface area contributed by atoms with Gasteiger partial charge in [-0.1, -0.05) is 31.2 Å². The van der Waals surface area contributed by atoms with Crippen LogP contribution in [0, 0.1) is 0 Å². The molecule has 20 heavy (non-hydrogen) atoms. The van der Waals surface area contributed by atoms with E-state index in [4.69, 9.17) is 0 Å². The molecule has 0 spiro atoms. The van der Waals surface area contributed by atoms with Crippen molar-refractivity contribution in [2.45, 2.75) is 25.8 Å². The Morgan fingerprint density at radius 2 is 2.15 bits per heavy atom. The van der Waals surface area contributed by atoms with Crippen LogP contribution >= 0.6 is 11.8 Å². The van der Waals surface area contributed by atoms with Gasteiger partial charge in [0.05, 0.1) is 6.04 Å². The van der Waals surface area contributed by atoms with Crippen LogP contribution in [0.25, 0.3) is 0 Å². The maximum absolute atomic E-state index is 12.3. The first-order valence-corrected chi connectivity index (χ1v) is 8.73. The number of thioether (sulfide) groups is 1. The molecule has 1 heterocycles. The molecule has 0 bridgehead atoms. The maximum atomic E-state index is 12.3. The quantitative estimate of drug-likeness (QED) is 0.905. The second-order valence-electron chi connectivity index (χ2n) is 5.14. The largest absolute Gasteiger partial charge is 0.333 e. The summed E-state index contributed by atoms with van der Waals surface area (Å²) in [5, 5.41) is 3.40. The van der Waals surface area contributed by atoms with Crippen LogP contribution in [0.2, 0.25) is 0 Å². The first kappa shape index (κ1) is 15.4. The molecular weight excluding hydrogens is 268 g/mol. The van der Waals surface area contributed by atoms with Gasteiger partial charge in [0.25, 0.3) is 0 Å². The summed E-state index contributed by atoms with van der Waals surface area (Å²) in [5.74, 6) is 1.19. The number of hydrogen-bond donors (Lipinski definition) is 1. The third-order valence-electron chi connectivity index (χ3n) is 3.86. The number of piperazine rings is 1. The van der Waals surface area contributed by atoms with Gasteiger partial charge in [0.15, 0.2) is 0 Å². The Morgan fingerprint density at radius 3 is 2.80 bits per heavy atom. The first-order chi connectivity index (χ1) is 9.76. The highest BCUT2D eigenvalue weighted by Crippen LogP contribution is 2.23. The highest BCUT2D eigenvalue weighted by Gasteiger charge is 2.27. The lowest BCUT2D eigenvalue weighted by molar-refractivity contribution is -0.134. The Bertz CT molecular complexity index is 433. The van der Waals surface area contributed by atoms with Gasteiger partial charge in [-0.15, -0.1) is 0 Å². The second kappa shape index (κ2) is 7.70. The van der Waals surface area contributed by atoms with Crippen LogP contribution in [0.3, 0.4) is 0 Å². The van der Waals surface area contributed by atoms with Crippen molar-refractivity contribution < 1.29 is 4.79 Å². The number of nitrogens with one attached hydrogen (secondary N) is 1. The molecule has 0 radical (unpaired) electrons. The number of nitrogens with zero attached hydrogens (tertiary/aromatic N) is 1. The van der Waals surface area contributed by atoms with E-state index in [1.54, 1.807) is 11.8 Å². The van der Waals surface area contributed by atoms with Gasteiger partial charge in [-0.3, -0.25) is 4.79 Å². The van der Waals surface area contributed by atoms with Gasteiger partial charge >= 0.3 is 0 Å². The minimum atomic E-state index is 0.184. The summed E-state index contributed by atoms with van der Waals surface area (Å²) < 4.78 is 0. The molecule has 2 rings (SSSR count). The number of benzene rings is 1. The monoisotopic (exact) mass is 292 g/mol. The maximum Gasteiger partial charge on any atom is 0.224 e. The smallest absolute Gasteiger partial charge is 0.224 e. The van der Waals surface area contributed by atoms with E-state index in [0.29, 0.717) is 6.42 Å². The van der Waals surface area contributed by atoms with Crippen LogP contribution in [0.5, 0.6) is 0 Å². The van der Waals surface area contributed by atoms with E-state index in [1.807, 2.05) is 11.2 Å². The molecule has 4 heteroatoms. The fourth-order valence-electron chi connectivity index (χ4n) is 2.61. The lowest BCUT2D eigenvalue weighted by atomic mass is 10.0. The molecule has 1 aliphatic rings. The van der Waals surface area contributed by atoms with E-state index in [2.05, 4.69) is 36.5 Å². The number of amides is 1. The highest BCUT2D eigenvalue weighted by molar-refractivity contribution is 7.98. The predicted molar refractivity (Wildman–Crippen MR) is 86.1 cm³/mol. The number of carbonyl (C=O) groups is 1. The Kier molecular flexibility index (Phi) is 5.92. The normalized spacial score (nSPS) is 19.1. The molecule has 1 unspecified atom stereocenters. The van der Waals surface area contributed by atoms with Crippen molar-refractivity contribution in [1.29, 1.82) is 0 Å². The fraction of sp³-hybridized carbons (Fsp3) is 0.562. The predicted octanol–water partition coefficient (Wildman–Crippen LogP) is 2.48.